The monoisotopic (exact) mass is 282 g/mol. The number of thioether (sulfide) groups is 1. The average molecular weight is 283 g/mol. The Bertz CT molecular complexity index is 501. The normalized spacial score (nSPS) is 10.6. The molecule has 0 N–H and O–H groups in total. The van der Waals surface area contributed by atoms with E-state index in [4.69, 9.17) is 16.3 Å². The number of hydrogen-bond donors (Lipinski definition) is 0. The highest BCUT2D eigenvalue weighted by molar-refractivity contribution is 7.99. The number of aromatic nitrogens is 2. The van der Waals surface area contributed by atoms with E-state index < -0.39 is 0 Å². The van der Waals surface area contributed by atoms with Gasteiger partial charge in [-0.05, 0) is 25.1 Å². The molecule has 0 aliphatic heterocycles. The third-order valence-corrected chi connectivity index (χ3v) is 3.60. The first-order valence-electron chi connectivity index (χ1n) is 5.82. The van der Waals surface area contributed by atoms with E-state index in [1.807, 2.05) is 36.7 Å². The maximum atomic E-state index is 5.88. The van der Waals surface area contributed by atoms with E-state index in [1.54, 1.807) is 11.8 Å². The molecule has 3 nitrogen and oxygen atoms in total. The quantitative estimate of drug-likeness (QED) is 0.597. The number of hydrogen-bond acceptors (Lipinski definition) is 3. The number of imidazole rings is 1. The van der Waals surface area contributed by atoms with Crippen LogP contribution in [0.2, 0.25) is 5.02 Å². The molecule has 2 aromatic rings. The third-order valence-electron chi connectivity index (χ3n) is 2.40. The third kappa shape index (κ3) is 3.68. The Balaban J connectivity index is 1.76. The molecule has 0 atom stereocenters. The molecule has 0 unspecified atom stereocenters. The van der Waals surface area contributed by atoms with Crippen molar-refractivity contribution in [2.24, 2.45) is 0 Å². The zero-order chi connectivity index (χ0) is 12.8. The van der Waals surface area contributed by atoms with Crippen molar-refractivity contribution in [2.75, 3.05) is 12.4 Å². The van der Waals surface area contributed by atoms with Crippen molar-refractivity contribution in [1.29, 1.82) is 0 Å². The molecule has 0 bridgehead atoms. The molecule has 0 fully saturated rings. The fraction of sp³-hybridized carbons (Fsp3) is 0.308. The van der Waals surface area contributed by atoms with Gasteiger partial charge in [-0.2, -0.15) is 0 Å². The molecule has 0 radical (unpaired) electrons. The molecule has 18 heavy (non-hydrogen) atoms. The Morgan fingerprint density at radius 1 is 1.44 bits per heavy atom. The summed E-state index contributed by atoms with van der Waals surface area (Å²) >= 11 is 7.58. The largest absolute Gasteiger partial charge is 0.493 e. The number of ether oxygens (including phenoxy) is 1. The van der Waals surface area contributed by atoms with Crippen LogP contribution >= 0.6 is 23.4 Å². The standard InChI is InChI=1S/C13H15ClN2OS/c1-2-16-7-6-15-13(16)18-9-8-17-12-5-3-4-11(14)10-12/h3-7,10H,2,8-9H2,1H3. The predicted octanol–water partition coefficient (Wildman–Crippen LogP) is 3.73. The second-order valence-corrected chi connectivity index (χ2v) is 5.15. The summed E-state index contributed by atoms with van der Waals surface area (Å²) in [7, 11) is 0. The number of aryl methyl sites for hydroxylation is 1. The van der Waals surface area contributed by atoms with Crippen molar-refractivity contribution in [3.8, 4) is 5.75 Å². The van der Waals surface area contributed by atoms with Crippen LogP contribution in [-0.4, -0.2) is 21.9 Å². The van der Waals surface area contributed by atoms with Crippen LogP contribution in [0.25, 0.3) is 0 Å². The fourth-order valence-electron chi connectivity index (χ4n) is 1.53. The Morgan fingerprint density at radius 2 is 2.33 bits per heavy atom. The molecular formula is C13H15ClN2OS. The Morgan fingerprint density at radius 3 is 3.11 bits per heavy atom. The first-order valence-corrected chi connectivity index (χ1v) is 7.18. The molecule has 1 aromatic carbocycles. The lowest BCUT2D eigenvalue weighted by molar-refractivity contribution is 0.344. The van der Waals surface area contributed by atoms with Crippen molar-refractivity contribution in [2.45, 2.75) is 18.6 Å². The van der Waals surface area contributed by atoms with Gasteiger partial charge in [-0.15, -0.1) is 0 Å². The average Bonchev–Trinajstić information content (AvgIpc) is 2.82. The highest BCUT2D eigenvalue weighted by atomic mass is 35.5. The van der Waals surface area contributed by atoms with Gasteiger partial charge in [-0.3, -0.25) is 0 Å². The molecule has 96 valence electrons. The van der Waals surface area contributed by atoms with Crippen molar-refractivity contribution in [3.05, 3.63) is 41.7 Å². The molecule has 1 aromatic heterocycles. The molecule has 0 aliphatic carbocycles. The lowest BCUT2D eigenvalue weighted by atomic mass is 10.3. The van der Waals surface area contributed by atoms with Crippen LogP contribution in [0.3, 0.4) is 0 Å². The van der Waals surface area contributed by atoms with Crippen molar-refractivity contribution < 1.29 is 4.74 Å². The van der Waals surface area contributed by atoms with E-state index in [9.17, 15) is 0 Å². The summed E-state index contributed by atoms with van der Waals surface area (Å²) in [6.07, 6.45) is 3.81. The van der Waals surface area contributed by atoms with Gasteiger partial charge in [-0.1, -0.05) is 29.4 Å². The van der Waals surface area contributed by atoms with Crippen LogP contribution in [0.5, 0.6) is 5.75 Å². The lowest BCUT2D eigenvalue weighted by Crippen LogP contribution is -2.02. The Labute approximate surface area is 116 Å². The first kappa shape index (κ1) is 13.3. The number of rotatable bonds is 6. The maximum Gasteiger partial charge on any atom is 0.168 e. The van der Waals surface area contributed by atoms with E-state index in [0.29, 0.717) is 11.6 Å². The first-order chi connectivity index (χ1) is 8.79. The summed E-state index contributed by atoms with van der Waals surface area (Å²) in [5.41, 5.74) is 0. The van der Waals surface area contributed by atoms with Gasteiger partial charge < -0.3 is 9.30 Å². The van der Waals surface area contributed by atoms with Gasteiger partial charge in [0.05, 0.1) is 6.61 Å². The van der Waals surface area contributed by atoms with Crippen LogP contribution in [-0.2, 0) is 6.54 Å². The number of nitrogens with zero attached hydrogens (tertiary/aromatic N) is 2. The highest BCUT2D eigenvalue weighted by Gasteiger charge is 2.02. The molecule has 1 heterocycles. The maximum absolute atomic E-state index is 5.88. The Hall–Kier alpha value is -1.13. The van der Waals surface area contributed by atoms with E-state index in [1.165, 1.54) is 0 Å². The zero-order valence-electron chi connectivity index (χ0n) is 10.2. The van der Waals surface area contributed by atoms with Crippen LogP contribution in [0.1, 0.15) is 6.92 Å². The van der Waals surface area contributed by atoms with Crippen LogP contribution in [0.15, 0.2) is 41.8 Å². The van der Waals surface area contributed by atoms with Gasteiger partial charge in [0.1, 0.15) is 5.75 Å². The molecule has 2 rings (SSSR count). The van der Waals surface area contributed by atoms with E-state index in [2.05, 4.69) is 16.5 Å². The fourth-order valence-corrected chi connectivity index (χ4v) is 2.55. The topological polar surface area (TPSA) is 27.1 Å². The van der Waals surface area contributed by atoms with E-state index in [0.717, 1.165) is 23.2 Å². The van der Waals surface area contributed by atoms with Crippen LogP contribution < -0.4 is 4.74 Å². The number of benzene rings is 1. The molecule has 0 spiro atoms. The molecule has 0 saturated heterocycles. The highest BCUT2D eigenvalue weighted by Crippen LogP contribution is 2.19. The van der Waals surface area contributed by atoms with Crippen molar-refractivity contribution in [1.82, 2.24) is 9.55 Å². The summed E-state index contributed by atoms with van der Waals surface area (Å²) < 4.78 is 7.73. The van der Waals surface area contributed by atoms with Crippen molar-refractivity contribution in [3.63, 3.8) is 0 Å². The summed E-state index contributed by atoms with van der Waals surface area (Å²) in [6, 6.07) is 7.44. The smallest absolute Gasteiger partial charge is 0.168 e. The minimum Gasteiger partial charge on any atom is -0.493 e. The molecule has 0 amide bonds. The molecule has 0 aliphatic rings. The SMILES string of the molecule is CCn1ccnc1SCCOc1cccc(Cl)c1. The van der Waals surface area contributed by atoms with Gasteiger partial charge in [0, 0.05) is 29.7 Å². The van der Waals surface area contributed by atoms with Crippen LogP contribution in [0.4, 0.5) is 0 Å². The van der Waals surface area contributed by atoms with Gasteiger partial charge in [-0.25, -0.2) is 4.98 Å². The Kier molecular flexibility index (Phi) is 4.96. The summed E-state index contributed by atoms with van der Waals surface area (Å²) in [5.74, 6) is 1.67. The molecule has 5 heteroatoms. The second-order valence-electron chi connectivity index (χ2n) is 3.65. The van der Waals surface area contributed by atoms with Crippen molar-refractivity contribution >= 4 is 23.4 Å². The number of halogens is 1. The van der Waals surface area contributed by atoms with E-state index in [-0.39, 0.29) is 0 Å². The summed E-state index contributed by atoms with van der Waals surface area (Å²) in [5, 5.41) is 1.73. The van der Waals surface area contributed by atoms with Crippen LogP contribution in [0, 0.1) is 0 Å². The van der Waals surface area contributed by atoms with Gasteiger partial charge >= 0.3 is 0 Å². The second kappa shape index (κ2) is 6.71. The van der Waals surface area contributed by atoms with Gasteiger partial charge in [0.25, 0.3) is 0 Å². The van der Waals surface area contributed by atoms with Gasteiger partial charge in [0.15, 0.2) is 5.16 Å². The molecular weight excluding hydrogens is 268 g/mol. The molecule has 0 saturated carbocycles. The summed E-state index contributed by atoms with van der Waals surface area (Å²) in [6.45, 7) is 3.69. The van der Waals surface area contributed by atoms with Gasteiger partial charge in [0.2, 0.25) is 0 Å². The minimum atomic E-state index is 0.640. The minimum absolute atomic E-state index is 0.640. The van der Waals surface area contributed by atoms with E-state index >= 15 is 0 Å². The predicted molar refractivity (Wildman–Crippen MR) is 75.6 cm³/mol. The lowest BCUT2D eigenvalue weighted by Gasteiger charge is -2.07. The summed E-state index contributed by atoms with van der Waals surface area (Å²) in [4.78, 5) is 4.29. The zero-order valence-corrected chi connectivity index (χ0v) is 11.7.